The van der Waals surface area contributed by atoms with Gasteiger partial charge in [0, 0.05) is 11.1 Å². The largest absolute Gasteiger partial charge is 0.468 e. The van der Waals surface area contributed by atoms with Crippen molar-refractivity contribution in [1.29, 1.82) is 0 Å². The number of rotatable bonds is 5. The Kier molecular flexibility index (Phi) is 4.96. The summed E-state index contributed by atoms with van der Waals surface area (Å²) in [6.45, 7) is 0.104. The predicted octanol–water partition coefficient (Wildman–Crippen LogP) is 3.63. The van der Waals surface area contributed by atoms with Gasteiger partial charge in [-0.3, -0.25) is 9.36 Å². The number of carbonyl (C=O) groups excluding carboxylic acids is 1. The summed E-state index contributed by atoms with van der Waals surface area (Å²) >= 11 is 0. The highest BCUT2D eigenvalue weighted by molar-refractivity contribution is 5.90. The van der Waals surface area contributed by atoms with Crippen LogP contribution in [-0.4, -0.2) is 36.9 Å². The number of aromatic nitrogens is 4. The molecule has 2 aliphatic rings. The second-order valence-corrected chi connectivity index (χ2v) is 8.95. The van der Waals surface area contributed by atoms with Gasteiger partial charge < -0.3 is 20.9 Å². The molecule has 2 amide bonds. The van der Waals surface area contributed by atoms with Crippen molar-refractivity contribution < 1.29 is 19.4 Å². The molecular formula is C26H22N6O4. The molecule has 4 aromatic rings. The SMILES string of the molecule is NC(=O)c1nnc2n1-c1cc(-c3ccccc3)c(-c3ccc(C4(NC(=O)O)CCC4)cc3)nc1OC2. The van der Waals surface area contributed by atoms with Crippen LogP contribution in [0.2, 0.25) is 0 Å². The van der Waals surface area contributed by atoms with Gasteiger partial charge in [-0.15, -0.1) is 10.2 Å². The number of carboxylic acid groups (broad SMARTS) is 1. The molecule has 0 bridgehead atoms. The molecule has 1 saturated carbocycles. The van der Waals surface area contributed by atoms with E-state index in [0.717, 1.165) is 41.5 Å². The zero-order chi connectivity index (χ0) is 24.9. The summed E-state index contributed by atoms with van der Waals surface area (Å²) in [4.78, 5) is 28.2. The number of hydrogen-bond donors (Lipinski definition) is 3. The van der Waals surface area contributed by atoms with E-state index in [4.69, 9.17) is 15.5 Å². The molecule has 0 saturated heterocycles. The first-order valence-electron chi connectivity index (χ1n) is 11.5. The summed E-state index contributed by atoms with van der Waals surface area (Å²) in [5.41, 5.74) is 9.74. The van der Waals surface area contributed by atoms with Gasteiger partial charge in [-0.25, -0.2) is 9.78 Å². The molecule has 6 rings (SSSR count). The van der Waals surface area contributed by atoms with Crippen molar-refractivity contribution >= 4 is 12.0 Å². The molecule has 1 aliphatic heterocycles. The van der Waals surface area contributed by atoms with Crippen LogP contribution in [0.1, 0.15) is 41.3 Å². The van der Waals surface area contributed by atoms with Crippen LogP contribution in [0.25, 0.3) is 28.1 Å². The maximum atomic E-state index is 12.0. The maximum absolute atomic E-state index is 12.0. The monoisotopic (exact) mass is 482 g/mol. The van der Waals surface area contributed by atoms with Gasteiger partial charge in [-0.1, -0.05) is 54.6 Å². The Morgan fingerprint density at radius 2 is 1.78 bits per heavy atom. The van der Waals surface area contributed by atoms with Crippen LogP contribution in [0.4, 0.5) is 4.79 Å². The highest BCUT2D eigenvalue weighted by atomic mass is 16.5. The van der Waals surface area contributed by atoms with Gasteiger partial charge in [0.1, 0.15) is 5.69 Å². The van der Waals surface area contributed by atoms with Crippen molar-refractivity contribution in [2.24, 2.45) is 5.73 Å². The number of hydrogen-bond acceptors (Lipinski definition) is 6. The molecule has 0 unspecified atom stereocenters. The summed E-state index contributed by atoms with van der Waals surface area (Å²) in [7, 11) is 0. The van der Waals surface area contributed by atoms with E-state index in [2.05, 4.69) is 15.5 Å². The van der Waals surface area contributed by atoms with Crippen LogP contribution >= 0.6 is 0 Å². The fourth-order valence-corrected chi connectivity index (χ4v) is 4.93. The van der Waals surface area contributed by atoms with Crippen LogP contribution in [0.3, 0.4) is 0 Å². The normalized spacial score (nSPS) is 15.1. The lowest BCUT2D eigenvalue weighted by molar-refractivity contribution is 0.0987. The molecule has 10 nitrogen and oxygen atoms in total. The summed E-state index contributed by atoms with van der Waals surface area (Å²) in [6, 6.07) is 19.5. The minimum Gasteiger partial charge on any atom is -0.468 e. The zero-order valence-corrected chi connectivity index (χ0v) is 19.1. The number of primary amides is 1. The van der Waals surface area contributed by atoms with Crippen LogP contribution in [0.15, 0.2) is 60.7 Å². The smallest absolute Gasteiger partial charge is 0.405 e. The second kappa shape index (κ2) is 8.19. The van der Waals surface area contributed by atoms with E-state index in [1.807, 2.05) is 60.7 Å². The van der Waals surface area contributed by atoms with Gasteiger partial charge in [-0.2, -0.15) is 0 Å². The van der Waals surface area contributed by atoms with Crippen LogP contribution < -0.4 is 15.8 Å². The van der Waals surface area contributed by atoms with Gasteiger partial charge in [0.05, 0.1) is 11.2 Å². The van der Waals surface area contributed by atoms with Gasteiger partial charge >= 0.3 is 6.09 Å². The van der Waals surface area contributed by atoms with E-state index in [0.29, 0.717) is 23.1 Å². The van der Waals surface area contributed by atoms with E-state index in [9.17, 15) is 14.7 Å². The van der Waals surface area contributed by atoms with Gasteiger partial charge in [0.15, 0.2) is 12.4 Å². The lowest BCUT2D eigenvalue weighted by atomic mass is 9.71. The standard InChI is InChI=1S/C26H22N6O4/c27-22(33)23-31-30-20-14-36-24-19(32(20)23)13-18(15-5-2-1-3-6-15)21(28-24)16-7-9-17(10-8-16)26(11-4-12-26)29-25(34)35/h1-3,5-10,13,29H,4,11-12,14H2,(H2,27,33)(H,34,35). The Morgan fingerprint density at radius 1 is 1.03 bits per heavy atom. The molecule has 0 atom stereocenters. The lowest BCUT2D eigenvalue weighted by Crippen LogP contribution is -2.50. The first-order valence-corrected chi connectivity index (χ1v) is 11.5. The highest BCUT2D eigenvalue weighted by Gasteiger charge is 2.40. The average molecular weight is 483 g/mol. The molecule has 2 aromatic carbocycles. The van der Waals surface area contributed by atoms with Gasteiger partial charge in [0.25, 0.3) is 5.91 Å². The van der Waals surface area contributed by atoms with Crippen molar-refractivity contribution in [1.82, 2.24) is 25.1 Å². The van der Waals surface area contributed by atoms with Crippen molar-refractivity contribution in [3.63, 3.8) is 0 Å². The van der Waals surface area contributed by atoms with E-state index in [-0.39, 0.29) is 12.4 Å². The maximum Gasteiger partial charge on any atom is 0.405 e. The second-order valence-electron chi connectivity index (χ2n) is 8.95. The van der Waals surface area contributed by atoms with E-state index >= 15 is 0 Å². The number of nitrogens with two attached hydrogens (primary N) is 1. The minimum atomic E-state index is -1.03. The number of fused-ring (bicyclic) bond motifs is 3. The van der Waals surface area contributed by atoms with Crippen molar-refractivity contribution in [2.75, 3.05) is 0 Å². The van der Waals surface area contributed by atoms with Crippen molar-refractivity contribution in [2.45, 2.75) is 31.4 Å². The third kappa shape index (κ3) is 3.46. The molecule has 0 spiro atoms. The van der Waals surface area contributed by atoms with Gasteiger partial charge in [-0.05, 0) is 36.5 Å². The Hall–Kier alpha value is -4.73. The molecule has 180 valence electrons. The lowest BCUT2D eigenvalue weighted by Gasteiger charge is -2.42. The molecule has 1 fully saturated rings. The molecule has 1 aliphatic carbocycles. The third-order valence-electron chi connectivity index (χ3n) is 6.85. The summed E-state index contributed by atoms with van der Waals surface area (Å²) in [5.74, 6) is 0.129. The summed E-state index contributed by atoms with van der Waals surface area (Å²) in [6.07, 6.45) is 1.48. The minimum absolute atomic E-state index is 0.0178. The Balaban J connectivity index is 1.49. The number of nitrogens with one attached hydrogen (secondary N) is 1. The molecule has 2 aromatic heterocycles. The first kappa shape index (κ1) is 21.8. The van der Waals surface area contributed by atoms with Crippen LogP contribution in [0, 0.1) is 0 Å². The fourth-order valence-electron chi connectivity index (χ4n) is 4.93. The van der Waals surface area contributed by atoms with Gasteiger partial charge in [0.2, 0.25) is 11.7 Å². The Bertz CT molecular complexity index is 1490. The average Bonchev–Trinajstić information content (AvgIpc) is 3.31. The van der Waals surface area contributed by atoms with E-state index < -0.39 is 17.5 Å². The Labute approximate surface area is 205 Å². The molecular weight excluding hydrogens is 460 g/mol. The zero-order valence-electron chi connectivity index (χ0n) is 19.1. The summed E-state index contributed by atoms with van der Waals surface area (Å²) in [5, 5.41) is 20.0. The van der Waals surface area contributed by atoms with E-state index in [1.54, 1.807) is 4.57 Å². The highest BCUT2D eigenvalue weighted by Crippen LogP contribution is 2.43. The number of nitrogens with zero attached hydrogens (tertiary/aromatic N) is 4. The topological polar surface area (TPSA) is 145 Å². The number of amides is 2. The molecule has 36 heavy (non-hydrogen) atoms. The van der Waals surface area contributed by atoms with Crippen molar-refractivity contribution in [3.8, 4) is 34.0 Å². The fraction of sp³-hybridized carbons (Fsp3) is 0.192. The summed E-state index contributed by atoms with van der Waals surface area (Å²) < 4.78 is 7.47. The number of carbonyl (C=O) groups is 2. The van der Waals surface area contributed by atoms with E-state index in [1.165, 1.54) is 0 Å². The molecule has 3 heterocycles. The molecule has 10 heteroatoms. The third-order valence-corrected chi connectivity index (χ3v) is 6.85. The number of pyridine rings is 1. The number of ether oxygens (including phenoxy) is 1. The molecule has 0 radical (unpaired) electrons. The van der Waals surface area contributed by atoms with Crippen LogP contribution in [0.5, 0.6) is 5.88 Å². The predicted molar refractivity (Wildman–Crippen MR) is 130 cm³/mol. The quantitative estimate of drug-likeness (QED) is 0.394. The van der Waals surface area contributed by atoms with Crippen molar-refractivity contribution in [3.05, 3.63) is 77.9 Å². The molecule has 4 N–H and O–H groups in total. The number of benzene rings is 2. The van der Waals surface area contributed by atoms with Crippen LogP contribution in [-0.2, 0) is 12.1 Å². The first-order chi connectivity index (χ1) is 17.4. The Morgan fingerprint density at radius 3 is 2.42 bits per heavy atom.